The average molecular weight is 201 g/mol. The number of hydrogen-bond acceptors (Lipinski definition) is 0. The average Bonchev–Trinajstić information content (AvgIpc) is 2.04. The third kappa shape index (κ3) is 2.89. The molecule has 0 bridgehead atoms. The zero-order valence-corrected chi connectivity index (χ0v) is 9.80. The van der Waals surface area contributed by atoms with E-state index in [0.29, 0.717) is 0 Å². The molecule has 0 saturated heterocycles. The molecule has 72 valence electrons. The fourth-order valence-electron chi connectivity index (χ4n) is 1.34. The summed E-state index contributed by atoms with van der Waals surface area (Å²) in [6.45, 7) is 8.95. The molecule has 3 heteroatoms. The van der Waals surface area contributed by atoms with Gasteiger partial charge in [0, 0.05) is 0 Å². The Morgan fingerprint density at radius 1 is 0.818 bits per heavy atom. The summed E-state index contributed by atoms with van der Waals surface area (Å²) >= 11 is 6.67. The second-order valence-corrected chi connectivity index (χ2v) is 12.1. The quantitative estimate of drug-likeness (QED) is 0.625. The predicted molar refractivity (Wildman–Crippen MR) is 58.6 cm³/mol. The molecule has 0 aliphatic carbocycles. The molecule has 0 amide bonds. The summed E-state index contributed by atoms with van der Waals surface area (Å²) in [6.07, 6.45) is 4.82. The molecule has 0 aromatic carbocycles. The van der Waals surface area contributed by atoms with E-state index in [-0.39, 0.29) is 5.48 Å². The Morgan fingerprint density at radius 2 is 1.00 bits per heavy atom. The van der Waals surface area contributed by atoms with E-state index in [1.807, 2.05) is 0 Å². The van der Waals surface area contributed by atoms with Gasteiger partial charge in [0.15, 0.2) is 0 Å². The summed E-state index contributed by atoms with van der Waals surface area (Å²) < 4.78 is 0. The van der Waals surface area contributed by atoms with Gasteiger partial charge in [-0.05, 0) is 0 Å². The molecule has 0 heterocycles. The van der Waals surface area contributed by atoms with Crippen molar-refractivity contribution in [1.82, 2.24) is 0 Å². The first-order valence-corrected chi connectivity index (χ1v) is 8.14. The van der Waals surface area contributed by atoms with Crippen LogP contribution < -0.4 is 0 Å². The van der Waals surface area contributed by atoms with Crippen LogP contribution >= 0.6 is 17.2 Å². The molecule has 0 radical (unpaired) electrons. The van der Waals surface area contributed by atoms with Crippen LogP contribution in [0, 0.1) is 0 Å². The SMILES string of the molecule is CCP(Cl)(CC)(CC)CC.O. The van der Waals surface area contributed by atoms with Crippen molar-refractivity contribution in [3.05, 3.63) is 0 Å². The summed E-state index contributed by atoms with van der Waals surface area (Å²) in [5.74, 6) is -1.68. The molecule has 0 spiro atoms. The van der Waals surface area contributed by atoms with Crippen molar-refractivity contribution in [3.63, 3.8) is 0 Å². The van der Waals surface area contributed by atoms with E-state index in [9.17, 15) is 0 Å². The van der Waals surface area contributed by atoms with Gasteiger partial charge in [0.05, 0.1) is 0 Å². The molecule has 2 N–H and O–H groups in total. The van der Waals surface area contributed by atoms with Crippen molar-refractivity contribution in [2.75, 3.05) is 24.6 Å². The van der Waals surface area contributed by atoms with Gasteiger partial charge in [0.2, 0.25) is 0 Å². The Labute approximate surface area is 75.5 Å². The fraction of sp³-hybridized carbons (Fsp3) is 1.00. The van der Waals surface area contributed by atoms with Gasteiger partial charge in [-0.2, -0.15) is 0 Å². The Balaban J connectivity index is 0. The van der Waals surface area contributed by atoms with Crippen molar-refractivity contribution in [3.8, 4) is 0 Å². The van der Waals surface area contributed by atoms with Crippen LogP contribution in [0.4, 0.5) is 0 Å². The Morgan fingerprint density at radius 3 is 1.00 bits per heavy atom. The molecule has 1 nitrogen and oxygen atoms in total. The van der Waals surface area contributed by atoms with E-state index in [1.165, 1.54) is 24.6 Å². The van der Waals surface area contributed by atoms with Gasteiger partial charge in [0.1, 0.15) is 0 Å². The van der Waals surface area contributed by atoms with E-state index in [2.05, 4.69) is 27.7 Å². The van der Waals surface area contributed by atoms with Crippen molar-refractivity contribution in [2.24, 2.45) is 0 Å². The largest absolute Gasteiger partial charge is 0.412 e. The maximum atomic E-state index is 6.67. The van der Waals surface area contributed by atoms with Crippen LogP contribution in [0.2, 0.25) is 0 Å². The first kappa shape index (κ1) is 14.2. The van der Waals surface area contributed by atoms with Gasteiger partial charge in [-0.3, -0.25) is 0 Å². The second kappa shape index (κ2) is 4.64. The van der Waals surface area contributed by atoms with Crippen molar-refractivity contribution >= 4 is 17.2 Å². The molecule has 0 aromatic rings. The molecule has 0 rings (SSSR count). The third-order valence-corrected chi connectivity index (χ3v) is 12.4. The van der Waals surface area contributed by atoms with Gasteiger partial charge < -0.3 is 5.48 Å². The summed E-state index contributed by atoms with van der Waals surface area (Å²) in [7, 11) is 0. The van der Waals surface area contributed by atoms with Gasteiger partial charge in [-0.1, -0.05) is 0 Å². The molecule has 0 atom stereocenters. The monoisotopic (exact) mass is 200 g/mol. The summed E-state index contributed by atoms with van der Waals surface area (Å²) in [5.41, 5.74) is 0. The molecule has 0 aromatic heterocycles. The van der Waals surface area contributed by atoms with Crippen molar-refractivity contribution < 1.29 is 5.48 Å². The molecular weight excluding hydrogens is 179 g/mol. The Hall–Kier alpha value is 0.680. The number of halogens is 1. The summed E-state index contributed by atoms with van der Waals surface area (Å²) in [6, 6.07) is 0. The normalized spacial score (nSPS) is 14.8. The third-order valence-electron chi connectivity index (χ3n) is 3.16. The topological polar surface area (TPSA) is 31.5 Å². The zero-order chi connectivity index (χ0) is 8.28. The van der Waals surface area contributed by atoms with Crippen molar-refractivity contribution in [1.29, 1.82) is 0 Å². The molecule has 0 fully saturated rings. The van der Waals surface area contributed by atoms with Crippen LogP contribution in [0.3, 0.4) is 0 Å². The number of hydrogen-bond donors (Lipinski definition) is 0. The molecule has 0 aliphatic rings. The van der Waals surface area contributed by atoms with E-state index in [1.54, 1.807) is 0 Å². The van der Waals surface area contributed by atoms with E-state index in [0.717, 1.165) is 0 Å². The van der Waals surface area contributed by atoms with Crippen LogP contribution in [-0.2, 0) is 0 Å². The van der Waals surface area contributed by atoms with Crippen molar-refractivity contribution in [2.45, 2.75) is 27.7 Å². The molecule has 0 saturated carbocycles. The molecule has 0 unspecified atom stereocenters. The fourth-order valence-corrected chi connectivity index (χ4v) is 4.02. The van der Waals surface area contributed by atoms with Gasteiger partial charge in [0.25, 0.3) is 0 Å². The first-order chi connectivity index (χ1) is 4.54. The smallest absolute Gasteiger partial charge is 0.412 e. The van der Waals surface area contributed by atoms with Crippen LogP contribution in [-0.4, -0.2) is 30.1 Å². The van der Waals surface area contributed by atoms with Gasteiger partial charge in [-0.15, -0.1) is 0 Å². The summed E-state index contributed by atoms with van der Waals surface area (Å²) in [5, 5.41) is 0. The molecule has 0 aliphatic heterocycles. The van der Waals surface area contributed by atoms with Gasteiger partial charge in [-0.25, -0.2) is 0 Å². The second-order valence-electron chi connectivity index (χ2n) is 3.08. The van der Waals surface area contributed by atoms with Crippen LogP contribution in [0.5, 0.6) is 0 Å². The first-order valence-electron chi connectivity index (χ1n) is 4.26. The van der Waals surface area contributed by atoms with Crippen LogP contribution in [0.25, 0.3) is 0 Å². The van der Waals surface area contributed by atoms with E-state index >= 15 is 0 Å². The molecule has 11 heavy (non-hydrogen) atoms. The summed E-state index contributed by atoms with van der Waals surface area (Å²) in [4.78, 5) is 0. The standard InChI is InChI=1S/C8H20ClP.H2O/c1-5-10(9,6-2,7-3)8-4;/h5-8H2,1-4H3;1H2. The Kier molecular flexibility index (Phi) is 6.00. The van der Waals surface area contributed by atoms with Gasteiger partial charge >= 0.3 is 69.5 Å². The maximum absolute atomic E-state index is 6.67. The minimum atomic E-state index is -1.68. The Bertz CT molecular complexity index is 89.1. The minimum Gasteiger partial charge on any atom is -0.412 e. The number of rotatable bonds is 4. The maximum Gasteiger partial charge on any atom is -0.412 e. The van der Waals surface area contributed by atoms with Crippen LogP contribution in [0.15, 0.2) is 0 Å². The van der Waals surface area contributed by atoms with E-state index < -0.39 is 5.96 Å². The zero-order valence-electron chi connectivity index (χ0n) is 8.15. The van der Waals surface area contributed by atoms with Crippen LogP contribution in [0.1, 0.15) is 27.7 Å². The van der Waals surface area contributed by atoms with E-state index in [4.69, 9.17) is 11.2 Å². The minimum absolute atomic E-state index is 0. The molecular formula is C8H22ClOP. The predicted octanol–water partition coefficient (Wildman–Crippen LogP) is 2.95.